The van der Waals surface area contributed by atoms with Gasteiger partial charge in [-0.3, -0.25) is 0 Å². The predicted octanol–water partition coefficient (Wildman–Crippen LogP) is 12.7. The molecular weight excluding hydrogens is 727 g/mol. The maximum absolute atomic E-state index is 5.74. The fourth-order valence-electron chi connectivity index (χ4n) is 11.3. The third-order valence-corrected chi connectivity index (χ3v) is 31.9. The number of fused-ring (bicyclic) bond motifs is 5. The van der Waals surface area contributed by atoms with Gasteiger partial charge in [-0.15, -0.1) is 24.8 Å². The summed E-state index contributed by atoms with van der Waals surface area (Å²) in [6.07, 6.45) is 6.01. The molecule has 0 aliphatic heterocycles. The Kier molecular flexibility index (Phi) is 8.96. The molecule has 4 aromatic rings. The van der Waals surface area contributed by atoms with Crippen molar-refractivity contribution in [2.45, 2.75) is 83.7 Å². The molecule has 0 N–H and O–H groups in total. The molecule has 50 heavy (non-hydrogen) atoms. The molecule has 0 heterocycles. The van der Waals surface area contributed by atoms with Gasteiger partial charge >= 0.3 is 291 Å². The summed E-state index contributed by atoms with van der Waals surface area (Å²) in [6, 6.07) is 32.8. The van der Waals surface area contributed by atoms with Crippen LogP contribution in [0.4, 0.5) is 0 Å². The van der Waals surface area contributed by atoms with Crippen molar-refractivity contribution < 1.29 is 18.3 Å². The molecule has 0 saturated carbocycles. The Morgan fingerprint density at radius 1 is 0.720 bits per heavy atom. The van der Waals surface area contributed by atoms with Gasteiger partial charge in [-0.1, -0.05) is 0 Å². The first-order chi connectivity index (χ1) is 22.7. The van der Waals surface area contributed by atoms with E-state index in [2.05, 4.69) is 159 Å². The van der Waals surface area contributed by atoms with Crippen molar-refractivity contribution in [1.82, 2.24) is 0 Å². The molecular formula is C47H52Cl2Zr. The van der Waals surface area contributed by atoms with Crippen molar-refractivity contribution in [2.75, 3.05) is 0 Å². The van der Waals surface area contributed by atoms with E-state index in [1.807, 2.05) is 0 Å². The molecule has 0 spiro atoms. The van der Waals surface area contributed by atoms with Gasteiger partial charge in [-0.25, -0.2) is 0 Å². The summed E-state index contributed by atoms with van der Waals surface area (Å²) in [5.74, 6) is 0.336. The minimum atomic E-state index is -4.53. The molecule has 0 radical (unpaired) electrons. The van der Waals surface area contributed by atoms with Gasteiger partial charge in [-0.05, 0) is 0 Å². The molecule has 4 aromatic carbocycles. The summed E-state index contributed by atoms with van der Waals surface area (Å²) in [5, 5.41) is 0. The van der Waals surface area contributed by atoms with Crippen LogP contribution in [0.3, 0.4) is 0 Å². The topological polar surface area (TPSA) is 0 Å². The number of benzene rings is 4. The van der Waals surface area contributed by atoms with Crippen LogP contribution in [0.5, 0.6) is 0 Å². The third-order valence-electron chi connectivity index (χ3n) is 13.2. The van der Waals surface area contributed by atoms with Crippen molar-refractivity contribution >= 4 is 49.0 Å². The van der Waals surface area contributed by atoms with E-state index in [0.717, 1.165) is 10.5 Å². The van der Waals surface area contributed by atoms with E-state index in [1.165, 1.54) is 75.6 Å². The second-order valence-electron chi connectivity index (χ2n) is 16.6. The summed E-state index contributed by atoms with van der Waals surface area (Å²) >= 11 is -4.53. The van der Waals surface area contributed by atoms with Crippen LogP contribution in [0.2, 0.25) is 4.13 Å². The average molecular weight is 779 g/mol. The van der Waals surface area contributed by atoms with Gasteiger partial charge in [0.2, 0.25) is 0 Å². The number of hydrogen-bond donors (Lipinski definition) is 0. The second-order valence-corrected chi connectivity index (χ2v) is 30.6. The fourth-order valence-corrected chi connectivity index (χ4v) is 30.8. The maximum atomic E-state index is 5.74. The molecule has 4 aliphatic rings. The van der Waals surface area contributed by atoms with Gasteiger partial charge in [0.05, 0.1) is 0 Å². The number of allylic oxidation sites excluding steroid dienone is 8. The number of hydrogen-bond acceptors (Lipinski definition) is 0. The van der Waals surface area contributed by atoms with E-state index in [1.54, 1.807) is 6.56 Å². The zero-order chi connectivity index (χ0) is 34.0. The number of halogens is 2. The quantitative estimate of drug-likeness (QED) is 0.167. The van der Waals surface area contributed by atoms with Crippen LogP contribution < -0.4 is 3.27 Å². The van der Waals surface area contributed by atoms with Gasteiger partial charge in [0.1, 0.15) is 0 Å². The molecule has 0 aromatic heterocycles. The molecule has 0 amide bonds. The first-order valence-electron chi connectivity index (χ1n) is 18.1. The molecule has 1 atom stereocenters. The first-order valence-corrected chi connectivity index (χ1v) is 25.2. The second kappa shape index (κ2) is 12.1. The zero-order valence-corrected chi connectivity index (χ0v) is 35.3. The summed E-state index contributed by atoms with van der Waals surface area (Å²) in [4.78, 5) is 0. The van der Waals surface area contributed by atoms with Crippen molar-refractivity contribution in [3.63, 3.8) is 0 Å². The Labute approximate surface area is 313 Å². The van der Waals surface area contributed by atoms with Crippen LogP contribution in [0.15, 0.2) is 109 Å². The Balaban J connectivity index is 0.00000216. The Bertz CT molecular complexity index is 2270. The van der Waals surface area contributed by atoms with E-state index in [9.17, 15) is 0 Å². The number of rotatable bonds is 5. The Morgan fingerprint density at radius 2 is 1.28 bits per heavy atom. The minimum absolute atomic E-state index is 0. The Morgan fingerprint density at radius 3 is 1.88 bits per heavy atom. The summed E-state index contributed by atoms with van der Waals surface area (Å²) in [5.41, 5.74) is 18.8. The fraction of sp³-hybridized carbons (Fsp3) is 0.298. The summed E-state index contributed by atoms with van der Waals surface area (Å²) < 4.78 is 11.6. The normalized spacial score (nSPS) is 19.6. The van der Waals surface area contributed by atoms with Crippen LogP contribution in [0.25, 0.3) is 27.8 Å². The third kappa shape index (κ3) is 4.75. The van der Waals surface area contributed by atoms with Crippen LogP contribution in [-0.4, -0.2) is 4.21 Å². The van der Waals surface area contributed by atoms with Crippen molar-refractivity contribution in [3.8, 4) is 11.1 Å². The van der Waals surface area contributed by atoms with Crippen LogP contribution in [-0.2, 0) is 35.5 Å². The standard InChI is InChI=1S/C25H25.C13H13.C6H5.C2H5.CH2.2ClH.Zr/c1-14-12-24(3,4)22-8-16-7-17-9-23-19(15(2)13-25(23,5)6)11-21(17)20(16)10-18(14)22;1-10-8-11(2)13(9-10)12-6-4-3-5-7-12;1-2-4-6-5-3-1;1-2;;;;/h8-12H,7H2,1-6H3;3-7,9-10H,1-2H3;1-5H;1H2,2H3;1H2;2*1H;. The van der Waals surface area contributed by atoms with E-state index in [4.69, 9.17) is 4.21 Å². The molecule has 0 bridgehead atoms. The van der Waals surface area contributed by atoms with Crippen molar-refractivity contribution in [3.05, 3.63) is 148 Å². The molecule has 0 fully saturated rings. The molecule has 0 nitrogen and oxygen atoms in total. The van der Waals surface area contributed by atoms with Crippen molar-refractivity contribution in [1.29, 1.82) is 0 Å². The molecule has 4 aliphatic carbocycles. The van der Waals surface area contributed by atoms with Gasteiger partial charge in [0.25, 0.3) is 0 Å². The zero-order valence-electron chi connectivity index (χ0n) is 31.3. The molecule has 3 heteroatoms. The molecule has 8 rings (SSSR count). The SMILES string of the molecule is Cl.Cl.[CH2]=[Zr]([CH2]C)([C]1=C(C)C(c2ccccc2)=CC1C)([C]1=C(C)c2cc3c(cc2C1(C)C)Cc1cc2c(cc1-3)C(C)=CC2(C)C)[c]1ccccc1. The van der Waals surface area contributed by atoms with Gasteiger partial charge in [0.15, 0.2) is 0 Å². The predicted molar refractivity (Wildman–Crippen MR) is 221 cm³/mol. The first kappa shape index (κ1) is 36.9. The van der Waals surface area contributed by atoms with E-state index < -0.39 is 18.3 Å². The summed E-state index contributed by atoms with van der Waals surface area (Å²) in [6.45, 7) is 21.8. The van der Waals surface area contributed by atoms with E-state index in [0.29, 0.717) is 5.92 Å². The molecule has 1 unspecified atom stereocenters. The van der Waals surface area contributed by atoms with E-state index >= 15 is 0 Å². The molecule has 0 saturated heterocycles. The van der Waals surface area contributed by atoms with E-state index in [-0.39, 0.29) is 35.6 Å². The Hall–Kier alpha value is -2.83. The van der Waals surface area contributed by atoms with Crippen LogP contribution in [0.1, 0.15) is 101 Å². The van der Waals surface area contributed by atoms with Gasteiger partial charge in [-0.2, -0.15) is 0 Å². The van der Waals surface area contributed by atoms with Crippen LogP contribution in [0, 0.1) is 5.92 Å². The molecule has 258 valence electrons. The van der Waals surface area contributed by atoms with Gasteiger partial charge < -0.3 is 0 Å². The monoisotopic (exact) mass is 776 g/mol. The van der Waals surface area contributed by atoms with Crippen LogP contribution >= 0.6 is 24.8 Å². The summed E-state index contributed by atoms with van der Waals surface area (Å²) in [7, 11) is 0. The average Bonchev–Trinajstić information content (AvgIpc) is 3.71. The van der Waals surface area contributed by atoms with Gasteiger partial charge in [0, 0.05) is 0 Å². The van der Waals surface area contributed by atoms with Crippen molar-refractivity contribution in [2.24, 2.45) is 5.92 Å².